The zero-order valence-electron chi connectivity index (χ0n) is 24.1. The Bertz CT molecular complexity index is 2520. The molecular formula is C35H24N8O3. The molecule has 0 saturated heterocycles. The monoisotopic (exact) mass is 604 g/mol. The molecule has 4 N–H and O–H groups in total. The van der Waals surface area contributed by atoms with Gasteiger partial charge in [-0.3, -0.25) is 0 Å². The summed E-state index contributed by atoms with van der Waals surface area (Å²) in [5.41, 5.74) is 5.80. The molecule has 0 aliphatic carbocycles. The lowest BCUT2D eigenvalue weighted by atomic mass is 10.1. The lowest BCUT2D eigenvalue weighted by molar-refractivity contribution is 0.0536. The van der Waals surface area contributed by atoms with E-state index < -0.39 is 12.7 Å². The van der Waals surface area contributed by atoms with Gasteiger partial charge in [0.05, 0.1) is 6.61 Å². The van der Waals surface area contributed by atoms with Crippen LogP contribution in [-0.4, -0.2) is 69.4 Å². The smallest absolute Gasteiger partial charge is 0.164 e. The highest BCUT2D eigenvalue weighted by molar-refractivity contribution is 6.06. The fraction of sp³-hybridized carbons (Fsp3) is 0.0857. The van der Waals surface area contributed by atoms with E-state index in [1.54, 1.807) is 6.07 Å². The van der Waals surface area contributed by atoms with Gasteiger partial charge in [-0.1, -0.05) is 72.8 Å². The molecule has 9 rings (SSSR count). The lowest BCUT2D eigenvalue weighted by Gasteiger charge is -2.09. The minimum absolute atomic E-state index is 0.0548. The molecule has 2 aliphatic rings. The first kappa shape index (κ1) is 26.4. The fourth-order valence-corrected chi connectivity index (χ4v) is 5.96. The third-order valence-electron chi connectivity index (χ3n) is 8.18. The second-order valence-corrected chi connectivity index (χ2v) is 11.1. The van der Waals surface area contributed by atoms with Crippen LogP contribution in [0.4, 0.5) is 0 Å². The fourth-order valence-electron chi connectivity index (χ4n) is 5.96. The highest BCUT2D eigenvalue weighted by atomic mass is 16.5. The Morgan fingerprint density at radius 3 is 1.39 bits per heavy atom. The van der Waals surface area contributed by atoms with Gasteiger partial charge in [-0.05, 0) is 18.2 Å². The maximum atomic E-state index is 9.85. The van der Waals surface area contributed by atoms with Crippen molar-refractivity contribution in [2.24, 2.45) is 0 Å². The molecule has 5 heterocycles. The number of aromatic amines is 2. The molecule has 1 atom stereocenters. The van der Waals surface area contributed by atoms with Crippen LogP contribution in [0.3, 0.4) is 0 Å². The zero-order chi connectivity index (χ0) is 30.8. The molecule has 222 valence electrons. The molecule has 0 radical (unpaired) electrons. The van der Waals surface area contributed by atoms with Crippen molar-refractivity contribution in [1.29, 1.82) is 0 Å². The summed E-state index contributed by atoms with van der Waals surface area (Å²) in [5, 5.41) is 22.5. The third kappa shape index (κ3) is 4.21. The van der Waals surface area contributed by atoms with Crippen molar-refractivity contribution in [3.8, 4) is 51.3 Å². The molecule has 0 saturated carbocycles. The molecule has 46 heavy (non-hydrogen) atoms. The van der Waals surface area contributed by atoms with Gasteiger partial charge in [0.1, 0.15) is 41.0 Å². The Hall–Kier alpha value is -6.04. The number of ether oxygens (including phenoxy) is 1. The standard InChI is InChI=1S/C35H24N8O3/c44-16-18(45)17-46-19-13-14-26-27(15-19)35-42-33-25-12-6-5-11-24(25)31(40-33)38-29-21-8-2-1-7-20(21)28(36-29)37-30-22-9-3-4-10-23(22)32(39-30)41-34(26)43-35/h1-15,18,44-45H,16-17H2,(H2,36,37,38,39,40,41,42,43). The summed E-state index contributed by atoms with van der Waals surface area (Å²) in [6.07, 6.45) is -0.995. The first-order valence-corrected chi connectivity index (χ1v) is 14.8. The van der Waals surface area contributed by atoms with Crippen LogP contribution in [0.5, 0.6) is 5.75 Å². The highest BCUT2D eigenvalue weighted by Crippen LogP contribution is 2.37. The maximum absolute atomic E-state index is 9.85. The van der Waals surface area contributed by atoms with Crippen LogP contribution in [0.25, 0.3) is 89.7 Å². The van der Waals surface area contributed by atoms with Crippen molar-refractivity contribution < 1.29 is 14.9 Å². The molecule has 2 aliphatic heterocycles. The molecule has 8 bridgehead atoms. The van der Waals surface area contributed by atoms with Gasteiger partial charge in [-0.25, -0.2) is 29.9 Å². The number of fused-ring (bicyclic) bond motifs is 20. The Morgan fingerprint density at radius 2 is 0.935 bits per heavy atom. The molecule has 0 fully saturated rings. The van der Waals surface area contributed by atoms with E-state index in [2.05, 4.69) is 9.97 Å². The van der Waals surface area contributed by atoms with Gasteiger partial charge in [0.2, 0.25) is 0 Å². The Kier molecular flexibility index (Phi) is 5.88. The summed E-state index contributed by atoms with van der Waals surface area (Å²) in [4.78, 5) is 36.7. The summed E-state index contributed by atoms with van der Waals surface area (Å²) in [6, 6.07) is 29.3. The van der Waals surface area contributed by atoms with Gasteiger partial charge in [0.25, 0.3) is 0 Å². The number of rotatable bonds is 4. The van der Waals surface area contributed by atoms with Crippen molar-refractivity contribution >= 4 is 44.1 Å². The Morgan fingerprint density at radius 1 is 0.522 bits per heavy atom. The van der Waals surface area contributed by atoms with E-state index in [0.717, 1.165) is 43.8 Å². The number of benzene rings is 4. The molecule has 0 spiro atoms. The largest absolute Gasteiger partial charge is 0.491 e. The lowest BCUT2D eigenvalue weighted by Crippen LogP contribution is -2.21. The predicted molar refractivity (Wildman–Crippen MR) is 175 cm³/mol. The molecule has 7 aromatic rings. The van der Waals surface area contributed by atoms with Crippen molar-refractivity contribution in [3.63, 3.8) is 0 Å². The van der Waals surface area contributed by atoms with E-state index in [1.807, 2.05) is 84.9 Å². The average molecular weight is 605 g/mol. The van der Waals surface area contributed by atoms with Crippen molar-refractivity contribution in [3.05, 3.63) is 91.0 Å². The van der Waals surface area contributed by atoms with Crippen molar-refractivity contribution in [2.45, 2.75) is 6.10 Å². The topological polar surface area (TPSA) is 159 Å². The Labute approximate surface area is 260 Å². The summed E-state index contributed by atoms with van der Waals surface area (Å²) in [5.74, 6) is 2.59. The van der Waals surface area contributed by atoms with Gasteiger partial charge in [0, 0.05) is 43.8 Å². The van der Waals surface area contributed by atoms with Gasteiger partial charge in [-0.15, -0.1) is 0 Å². The van der Waals surface area contributed by atoms with Gasteiger partial charge < -0.3 is 24.9 Å². The number of nitrogens with zero attached hydrogens (tertiary/aromatic N) is 6. The first-order chi connectivity index (χ1) is 22.6. The van der Waals surface area contributed by atoms with E-state index in [1.165, 1.54) is 0 Å². The third-order valence-corrected chi connectivity index (χ3v) is 8.18. The van der Waals surface area contributed by atoms with Crippen LogP contribution in [0.15, 0.2) is 91.0 Å². The van der Waals surface area contributed by atoms with Crippen molar-refractivity contribution in [1.82, 2.24) is 39.9 Å². The predicted octanol–water partition coefficient (Wildman–Crippen LogP) is 5.60. The summed E-state index contributed by atoms with van der Waals surface area (Å²) < 4.78 is 5.78. The second kappa shape index (κ2) is 10.3. The molecule has 11 nitrogen and oxygen atoms in total. The van der Waals surface area contributed by atoms with E-state index in [-0.39, 0.29) is 6.61 Å². The quantitative estimate of drug-likeness (QED) is 0.201. The Balaban J connectivity index is 1.41. The second-order valence-electron chi connectivity index (χ2n) is 11.1. The van der Waals surface area contributed by atoms with Gasteiger partial charge >= 0.3 is 0 Å². The van der Waals surface area contributed by atoms with Gasteiger partial charge in [0.15, 0.2) is 23.3 Å². The summed E-state index contributed by atoms with van der Waals surface area (Å²) >= 11 is 0. The van der Waals surface area contributed by atoms with Crippen molar-refractivity contribution in [2.75, 3.05) is 13.2 Å². The molecule has 1 unspecified atom stereocenters. The van der Waals surface area contributed by atoms with Gasteiger partial charge in [-0.2, -0.15) is 0 Å². The van der Waals surface area contributed by atoms with E-state index in [4.69, 9.17) is 34.6 Å². The number of hydrogen-bond donors (Lipinski definition) is 4. The van der Waals surface area contributed by atoms with E-state index in [0.29, 0.717) is 51.6 Å². The van der Waals surface area contributed by atoms with Crippen LogP contribution in [0.1, 0.15) is 0 Å². The van der Waals surface area contributed by atoms with Crippen LogP contribution < -0.4 is 4.74 Å². The molecule has 4 aromatic carbocycles. The summed E-state index contributed by atoms with van der Waals surface area (Å²) in [6.45, 7) is -0.450. The molecule has 3 aromatic heterocycles. The molecule has 11 heteroatoms. The first-order valence-electron chi connectivity index (χ1n) is 14.8. The minimum atomic E-state index is -0.995. The zero-order valence-corrected chi connectivity index (χ0v) is 24.1. The molecule has 0 amide bonds. The number of nitrogens with one attached hydrogen (secondary N) is 2. The summed E-state index contributed by atoms with van der Waals surface area (Å²) in [7, 11) is 0. The number of aliphatic hydroxyl groups excluding tert-OH is 2. The van der Waals surface area contributed by atoms with Crippen LogP contribution >= 0.6 is 0 Å². The van der Waals surface area contributed by atoms with Crippen LogP contribution in [-0.2, 0) is 0 Å². The number of hydrogen-bond acceptors (Lipinski definition) is 9. The average Bonchev–Trinajstić information content (AvgIpc) is 3.82. The van der Waals surface area contributed by atoms with E-state index >= 15 is 0 Å². The van der Waals surface area contributed by atoms with Crippen LogP contribution in [0, 0.1) is 0 Å². The highest BCUT2D eigenvalue weighted by Gasteiger charge is 2.22. The number of H-pyrrole nitrogens is 2. The SMILES string of the molecule is OCC(O)COc1ccc2c3nc4nc(nc5[nH]c(nc6nc(nc([nH]3)c2c1)-c1ccccc1-6)c1ccccc51)-c1ccccc1-4. The number of aliphatic hydroxyl groups is 2. The normalized spacial score (nSPS) is 12.7. The van der Waals surface area contributed by atoms with Crippen LogP contribution in [0.2, 0.25) is 0 Å². The minimum Gasteiger partial charge on any atom is -0.491 e. The van der Waals surface area contributed by atoms with E-state index in [9.17, 15) is 10.2 Å². The molecular weight excluding hydrogens is 580 g/mol. The maximum Gasteiger partial charge on any atom is 0.164 e. The number of aromatic nitrogens is 8.